The fourth-order valence-electron chi connectivity index (χ4n) is 6.28. The average molecular weight is 714 g/mol. The molecule has 0 unspecified atom stereocenters. The predicted octanol–water partition coefficient (Wildman–Crippen LogP) is 7.22. The van der Waals surface area contributed by atoms with Crippen molar-refractivity contribution >= 4 is 74.5 Å². The molecule has 2 aromatic carbocycles. The highest BCUT2D eigenvalue weighted by molar-refractivity contribution is 7.17. The van der Waals surface area contributed by atoms with Crippen LogP contribution in [-0.2, 0) is 21.4 Å². The molecule has 0 bridgehead atoms. The number of methoxy groups -OCH3 is 1. The van der Waals surface area contributed by atoms with E-state index in [0.717, 1.165) is 26.8 Å². The maximum atomic E-state index is 13.3. The lowest BCUT2D eigenvalue weighted by Crippen LogP contribution is -2.29. The summed E-state index contributed by atoms with van der Waals surface area (Å²) in [7, 11) is 3.06. The molecule has 3 N–H and O–H groups in total. The molecule has 0 fully saturated rings. The molecule has 3 amide bonds. The van der Waals surface area contributed by atoms with Crippen LogP contribution in [0.2, 0.25) is 0 Å². The molecule has 0 aliphatic carbocycles. The van der Waals surface area contributed by atoms with Crippen molar-refractivity contribution in [3.8, 4) is 16.3 Å². The highest BCUT2D eigenvalue weighted by Crippen LogP contribution is 2.45. The molecule has 258 valence electrons. The molecule has 4 heterocycles. The first-order valence-electron chi connectivity index (χ1n) is 16.1. The largest absolute Gasteiger partial charge is 0.507 e. The SMILES string of the molecule is COC(=O)c1sc(-c2ccc(NC(=O)c3cc(NC(=O)CCCCC(=O)N4C[C@@H](CCl)c5c4cc(O)c4ccccc54)cn3C)cn2)cc1C. The summed E-state index contributed by atoms with van der Waals surface area (Å²) in [5.74, 6) is -0.620. The number of thiophene rings is 1. The lowest BCUT2D eigenvalue weighted by Gasteiger charge is -2.18. The quantitative estimate of drug-likeness (QED) is 0.0745. The number of amides is 3. The van der Waals surface area contributed by atoms with Crippen molar-refractivity contribution < 1.29 is 29.0 Å². The number of halogens is 1. The molecule has 5 aromatic rings. The Morgan fingerprint density at radius 3 is 2.50 bits per heavy atom. The third kappa shape index (κ3) is 7.08. The fraction of sp³-hybridized carbons (Fsp3) is 0.270. The van der Waals surface area contributed by atoms with E-state index in [4.69, 9.17) is 16.3 Å². The van der Waals surface area contributed by atoms with Gasteiger partial charge in [0.25, 0.3) is 5.91 Å². The number of alkyl halides is 1. The fourth-order valence-corrected chi connectivity index (χ4v) is 7.60. The van der Waals surface area contributed by atoms with Crippen LogP contribution in [0.15, 0.2) is 67.0 Å². The summed E-state index contributed by atoms with van der Waals surface area (Å²) in [4.78, 5) is 58.5. The number of hydrogen-bond donors (Lipinski definition) is 3. The number of nitrogens with zero attached hydrogens (tertiary/aromatic N) is 3. The summed E-state index contributed by atoms with van der Waals surface area (Å²) in [6.45, 7) is 2.29. The Labute approximate surface area is 297 Å². The molecule has 0 saturated carbocycles. The van der Waals surface area contributed by atoms with Crippen molar-refractivity contribution in [1.29, 1.82) is 0 Å². The molecule has 13 heteroatoms. The Hall–Kier alpha value is -5.20. The third-order valence-corrected chi connectivity index (χ3v) is 10.4. The first kappa shape index (κ1) is 34.7. The van der Waals surface area contributed by atoms with Crippen LogP contribution in [0, 0.1) is 6.92 Å². The van der Waals surface area contributed by atoms with Gasteiger partial charge in [-0.15, -0.1) is 22.9 Å². The number of hydrogen-bond acceptors (Lipinski definition) is 8. The van der Waals surface area contributed by atoms with Crippen LogP contribution < -0.4 is 15.5 Å². The minimum atomic E-state index is -0.393. The summed E-state index contributed by atoms with van der Waals surface area (Å²) < 4.78 is 6.46. The van der Waals surface area contributed by atoms with Crippen LogP contribution in [-0.4, -0.2) is 57.9 Å². The van der Waals surface area contributed by atoms with E-state index in [1.54, 1.807) is 53.2 Å². The minimum absolute atomic E-state index is 0.0352. The van der Waals surface area contributed by atoms with Crippen molar-refractivity contribution in [1.82, 2.24) is 9.55 Å². The van der Waals surface area contributed by atoms with Crippen LogP contribution in [0.1, 0.15) is 62.9 Å². The monoisotopic (exact) mass is 713 g/mol. The number of rotatable bonds is 11. The zero-order valence-electron chi connectivity index (χ0n) is 27.8. The van der Waals surface area contributed by atoms with Crippen molar-refractivity contribution in [3.63, 3.8) is 0 Å². The van der Waals surface area contributed by atoms with E-state index in [1.165, 1.54) is 18.4 Å². The van der Waals surface area contributed by atoms with Gasteiger partial charge in [0.05, 0.1) is 40.9 Å². The lowest BCUT2D eigenvalue weighted by molar-refractivity contribution is -0.119. The van der Waals surface area contributed by atoms with Crippen molar-refractivity contribution in [3.05, 3.63) is 88.7 Å². The van der Waals surface area contributed by atoms with Gasteiger partial charge in [0, 0.05) is 55.9 Å². The number of carbonyl (C=O) groups excluding carboxylic acids is 4. The molecule has 6 rings (SSSR count). The number of aryl methyl sites for hydroxylation is 2. The number of esters is 1. The van der Waals surface area contributed by atoms with E-state index < -0.39 is 5.97 Å². The van der Waals surface area contributed by atoms with Gasteiger partial charge in [-0.3, -0.25) is 19.4 Å². The number of aromatic hydroxyl groups is 1. The number of fused-ring (bicyclic) bond motifs is 3. The van der Waals surface area contributed by atoms with Crippen LogP contribution in [0.25, 0.3) is 21.3 Å². The van der Waals surface area contributed by atoms with Gasteiger partial charge in [-0.2, -0.15) is 0 Å². The van der Waals surface area contributed by atoms with Gasteiger partial charge in [0.15, 0.2) is 0 Å². The zero-order valence-corrected chi connectivity index (χ0v) is 29.4. The molecular weight excluding hydrogens is 678 g/mol. The van der Waals surface area contributed by atoms with E-state index in [-0.39, 0.29) is 42.2 Å². The van der Waals surface area contributed by atoms with Crippen molar-refractivity contribution in [2.45, 2.75) is 38.5 Å². The molecule has 1 aliphatic rings. The van der Waals surface area contributed by atoms with E-state index in [1.807, 2.05) is 37.3 Å². The van der Waals surface area contributed by atoms with Crippen LogP contribution in [0.3, 0.4) is 0 Å². The molecule has 1 aliphatic heterocycles. The molecular formula is C37H36ClN5O6S. The summed E-state index contributed by atoms with van der Waals surface area (Å²) >= 11 is 7.59. The third-order valence-electron chi connectivity index (χ3n) is 8.76. The molecule has 11 nitrogen and oxygen atoms in total. The van der Waals surface area contributed by atoms with Crippen LogP contribution in [0.4, 0.5) is 17.1 Å². The number of phenols is 1. The number of unbranched alkanes of at least 4 members (excludes halogenated alkanes) is 1. The molecule has 0 radical (unpaired) electrons. The first-order valence-corrected chi connectivity index (χ1v) is 17.5. The number of aromatic nitrogens is 2. The van der Waals surface area contributed by atoms with E-state index in [0.29, 0.717) is 58.6 Å². The number of anilines is 3. The lowest BCUT2D eigenvalue weighted by atomic mass is 9.95. The van der Waals surface area contributed by atoms with Gasteiger partial charge < -0.3 is 29.9 Å². The number of phenolic OH excluding ortho intramolecular Hbond substituents is 1. The Bertz CT molecular complexity index is 2110. The average Bonchev–Trinajstić information content (AvgIpc) is 3.80. The highest BCUT2D eigenvalue weighted by atomic mass is 35.5. The second kappa shape index (κ2) is 14.7. The highest BCUT2D eigenvalue weighted by Gasteiger charge is 2.34. The minimum Gasteiger partial charge on any atom is -0.507 e. The number of benzene rings is 2. The standard InChI is InChI=1S/C37H36ClN5O6S/c1-21-14-31(50-35(21)37(48)49-3)27-13-12-23(18-39-27)41-36(47)29-15-24(20-42(29)2)40-32(45)10-6-7-11-33(46)43-19-22(17-38)34-26-9-5-4-8-25(26)30(44)16-28(34)43/h4-5,8-9,12-16,18,20,22,44H,6-7,10-11,17,19H2,1-3H3,(H,40,45)(H,41,47)/t22-/m1/s1. The van der Waals surface area contributed by atoms with Gasteiger partial charge >= 0.3 is 5.97 Å². The van der Waals surface area contributed by atoms with Crippen LogP contribution in [0.5, 0.6) is 5.75 Å². The van der Waals surface area contributed by atoms with Crippen LogP contribution >= 0.6 is 22.9 Å². The van der Waals surface area contributed by atoms with E-state index in [2.05, 4.69) is 15.6 Å². The summed E-state index contributed by atoms with van der Waals surface area (Å²) in [5.41, 5.74) is 4.45. The Kier molecular flexibility index (Phi) is 10.2. The second-order valence-corrected chi connectivity index (χ2v) is 13.6. The van der Waals surface area contributed by atoms with Gasteiger partial charge in [-0.1, -0.05) is 24.3 Å². The number of carbonyl (C=O) groups is 4. The molecule has 1 atom stereocenters. The Morgan fingerprint density at radius 1 is 1.02 bits per heavy atom. The zero-order chi connectivity index (χ0) is 35.5. The van der Waals surface area contributed by atoms with Gasteiger partial charge in [0.2, 0.25) is 11.8 Å². The number of pyridine rings is 1. The molecule has 0 spiro atoms. The summed E-state index contributed by atoms with van der Waals surface area (Å²) in [5, 5.41) is 17.9. The number of nitrogens with one attached hydrogen (secondary N) is 2. The Morgan fingerprint density at radius 2 is 1.78 bits per heavy atom. The van der Waals surface area contributed by atoms with Gasteiger partial charge in [-0.25, -0.2) is 4.79 Å². The van der Waals surface area contributed by atoms with Crippen molar-refractivity contribution in [2.24, 2.45) is 7.05 Å². The maximum absolute atomic E-state index is 13.3. The van der Waals surface area contributed by atoms with Crippen molar-refractivity contribution in [2.75, 3.05) is 35.1 Å². The molecule has 50 heavy (non-hydrogen) atoms. The van der Waals surface area contributed by atoms with E-state index in [9.17, 15) is 24.3 Å². The van der Waals surface area contributed by atoms with Gasteiger partial charge in [-0.05, 0) is 60.5 Å². The summed E-state index contributed by atoms with van der Waals surface area (Å²) in [6, 6.07) is 16.2. The first-order chi connectivity index (χ1) is 24.1. The topological polar surface area (TPSA) is 143 Å². The predicted molar refractivity (Wildman–Crippen MR) is 196 cm³/mol. The smallest absolute Gasteiger partial charge is 0.348 e. The second-order valence-electron chi connectivity index (χ2n) is 12.2. The van der Waals surface area contributed by atoms with E-state index >= 15 is 0 Å². The maximum Gasteiger partial charge on any atom is 0.348 e. The molecule has 3 aromatic heterocycles. The van der Waals surface area contributed by atoms with Gasteiger partial charge in [0.1, 0.15) is 16.3 Å². The Balaban J connectivity index is 0.992. The normalized spacial score (nSPS) is 13.7. The summed E-state index contributed by atoms with van der Waals surface area (Å²) in [6.07, 6.45) is 4.67. The molecule has 0 saturated heterocycles. The number of ether oxygens (including phenoxy) is 1.